The van der Waals surface area contributed by atoms with Crippen molar-refractivity contribution in [3.05, 3.63) is 78.8 Å². The van der Waals surface area contributed by atoms with Crippen LogP contribution in [-0.2, 0) is 0 Å². The second kappa shape index (κ2) is 5.92. The molecule has 4 aromatic rings. The first-order chi connectivity index (χ1) is 11.8. The Hall–Kier alpha value is -3.54. The lowest BCUT2D eigenvalue weighted by Crippen LogP contribution is -2.12. The van der Waals surface area contributed by atoms with Crippen LogP contribution < -0.4 is 5.32 Å². The highest BCUT2D eigenvalue weighted by Gasteiger charge is 2.10. The molecule has 3 aromatic heterocycles. The van der Waals surface area contributed by atoms with Gasteiger partial charge in [-0.3, -0.25) is 15.1 Å². The number of benzene rings is 1. The van der Waals surface area contributed by atoms with E-state index in [2.05, 4.69) is 20.4 Å². The van der Waals surface area contributed by atoms with Crippen molar-refractivity contribution in [2.75, 3.05) is 5.32 Å². The van der Waals surface area contributed by atoms with Gasteiger partial charge in [-0.15, -0.1) is 5.10 Å². The van der Waals surface area contributed by atoms with Gasteiger partial charge < -0.3 is 0 Å². The molecule has 0 aliphatic carbocycles. The molecule has 0 atom stereocenters. The molecule has 0 unspecified atom stereocenters. The van der Waals surface area contributed by atoms with Gasteiger partial charge in [-0.25, -0.2) is 4.52 Å². The first-order valence-corrected chi connectivity index (χ1v) is 7.43. The van der Waals surface area contributed by atoms with Crippen molar-refractivity contribution in [3.8, 4) is 11.1 Å². The number of hydrogen-bond donors (Lipinski definition) is 1. The summed E-state index contributed by atoms with van der Waals surface area (Å²) in [5.74, 6) is -0.00128. The Kier molecular flexibility index (Phi) is 3.47. The number of fused-ring (bicyclic) bond motifs is 1. The Labute approximate surface area is 137 Å². The Morgan fingerprint density at radius 2 is 1.75 bits per heavy atom. The molecule has 0 spiro atoms. The summed E-state index contributed by atoms with van der Waals surface area (Å²) in [7, 11) is 0. The van der Waals surface area contributed by atoms with Crippen molar-refractivity contribution in [2.24, 2.45) is 0 Å². The van der Waals surface area contributed by atoms with Crippen LogP contribution in [-0.4, -0.2) is 25.5 Å². The number of anilines is 1. The highest BCUT2D eigenvalue weighted by molar-refractivity contribution is 6.03. The molecule has 1 amide bonds. The molecular weight excluding hydrogens is 302 g/mol. The largest absolute Gasteiger partial charge is 0.289 e. The Bertz CT molecular complexity index is 996. The van der Waals surface area contributed by atoms with E-state index in [9.17, 15) is 4.79 Å². The van der Waals surface area contributed by atoms with Crippen LogP contribution in [0.5, 0.6) is 0 Å². The third kappa shape index (κ3) is 2.72. The van der Waals surface area contributed by atoms with E-state index >= 15 is 0 Å². The van der Waals surface area contributed by atoms with E-state index in [0.717, 1.165) is 11.1 Å². The first kappa shape index (κ1) is 14.1. The van der Waals surface area contributed by atoms with Crippen molar-refractivity contribution < 1.29 is 4.79 Å². The number of pyridine rings is 2. The van der Waals surface area contributed by atoms with Gasteiger partial charge in [0.25, 0.3) is 5.91 Å². The summed E-state index contributed by atoms with van der Waals surface area (Å²) < 4.78 is 1.63. The maximum Gasteiger partial charge on any atom is 0.258 e. The molecule has 0 fully saturated rings. The van der Waals surface area contributed by atoms with Gasteiger partial charge in [0.05, 0.1) is 0 Å². The molecule has 0 aliphatic rings. The van der Waals surface area contributed by atoms with Crippen molar-refractivity contribution in [2.45, 2.75) is 0 Å². The second-order valence-electron chi connectivity index (χ2n) is 5.21. The molecule has 0 saturated carbocycles. The molecular formula is C18H13N5O. The van der Waals surface area contributed by atoms with E-state index < -0.39 is 0 Å². The minimum absolute atomic E-state index is 0.266. The molecule has 6 nitrogen and oxygen atoms in total. The summed E-state index contributed by atoms with van der Waals surface area (Å²) in [5, 5.41) is 6.97. The van der Waals surface area contributed by atoms with Crippen LogP contribution >= 0.6 is 0 Å². The van der Waals surface area contributed by atoms with E-state index in [1.54, 1.807) is 29.0 Å². The fraction of sp³-hybridized carbons (Fsp3) is 0. The van der Waals surface area contributed by atoms with E-state index in [0.29, 0.717) is 11.2 Å². The van der Waals surface area contributed by atoms with Crippen LogP contribution in [0, 0.1) is 0 Å². The summed E-state index contributed by atoms with van der Waals surface area (Å²) in [4.78, 5) is 20.4. The molecule has 0 saturated heterocycles. The minimum atomic E-state index is -0.267. The standard InChI is InChI=1S/C18H13N5O/c24-17(14-6-9-19-10-7-14)21-18-20-16-12-15(8-11-23(16)22-18)13-4-2-1-3-5-13/h1-12H,(H,21,22,24). The number of nitrogens with one attached hydrogen (secondary N) is 1. The zero-order valence-corrected chi connectivity index (χ0v) is 12.6. The minimum Gasteiger partial charge on any atom is -0.289 e. The van der Waals surface area contributed by atoms with Crippen LogP contribution in [0.1, 0.15) is 10.4 Å². The average Bonchev–Trinajstić information content (AvgIpc) is 3.04. The van der Waals surface area contributed by atoms with Gasteiger partial charge in [0, 0.05) is 24.2 Å². The summed E-state index contributed by atoms with van der Waals surface area (Å²) in [6, 6.07) is 17.2. The quantitative estimate of drug-likeness (QED) is 0.631. The molecule has 0 radical (unpaired) electrons. The van der Waals surface area contributed by atoms with E-state index in [-0.39, 0.29) is 11.9 Å². The SMILES string of the molecule is O=C(Nc1nc2cc(-c3ccccc3)ccn2n1)c1ccncc1. The van der Waals surface area contributed by atoms with Gasteiger partial charge >= 0.3 is 0 Å². The first-order valence-electron chi connectivity index (χ1n) is 7.43. The Morgan fingerprint density at radius 1 is 0.958 bits per heavy atom. The lowest BCUT2D eigenvalue weighted by Gasteiger charge is -2.00. The molecule has 3 heterocycles. The predicted molar refractivity (Wildman–Crippen MR) is 90.6 cm³/mol. The Morgan fingerprint density at radius 3 is 2.54 bits per heavy atom. The van der Waals surface area contributed by atoms with Gasteiger partial charge in [0.2, 0.25) is 5.95 Å². The third-order valence-corrected chi connectivity index (χ3v) is 3.61. The van der Waals surface area contributed by atoms with E-state index in [4.69, 9.17) is 0 Å². The van der Waals surface area contributed by atoms with Crippen LogP contribution in [0.4, 0.5) is 5.95 Å². The normalized spacial score (nSPS) is 10.7. The van der Waals surface area contributed by atoms with Gasteiger partial charge in [0.1, 0.15) is 0 Å². The molecule has 4 rings (SSSR count). The summed E-state index contributed by atoms with van der Waals surface area (Å²) in [6.07, 6.45) is 4.96. The van der Waals surface area contributed by atoms with E-state index in [1.165, 1.54) is 0 Å². The molecule has 6 heteroatoms. The smallest absolute Gasteiger partial charge is 0.258 e. The zero-order chi connectivity index (χ0) is 16.4. The summed E-state index contributed by atoms with van der Waals surface area (Å²) in [5.41, 5.74) is 3.32. The maximum absolute atomic E-state index is 12.2. The average molecular weight is 315 g/mol. The number of aromatic nitrogens is 4. The highest BCUT2D eigenvalue weighted by atomic mass is 16.1. The van der Waals surface area contributed by atoms with Gasteiger partial charge in [-0.1, -0.05) is 30.3 Å². The molecule has 24 heavy (non-hydrogen) atoms. The van der Waals surface area contributed by atoms with Gasteiger partial charge in [-0.2, -0.15) is 4.98 Å². The van der Waals surface area contributed by atoms with Crippen LogP contribution in [0.2, 0.25) is 0 Å². The van der Waals surface area contributed by atoms with Crippen molar-refractivity contribution in [3.63, 3.8) is 0 Å². The topological polar surface area (TPSA) is 72.2 Å². The highest BCUT2D eigenvalue weighted by Crippen LogP contribution is 2.20. The fourth-order valence-corrected chi connectivity index (χ4v) is 2.42. The molecule has 1 N–H and O–H groups in total. The van der Waals surface area contributed by atoms with Crippen molar-refractivity contribution in [1.82, 2.24) is 19.6 Å². The number of amides is 1. The molecule has 116 valence electrons. The molecule has 0 aliphatic heterocycles. The molecule has 0 bridgehead atoms. The molecule has 1 aromatic carbocycles. The number of hydrogen-bond acceptors (Lipinski definition) is 4. The second-order valence-corrected chi connectivity index (χ2v) is 5.21. The van der Waals surface area contributed by atoms with Crippen LogP contribution in [0.15, 0.2) is 73.2 Å². The van der Waals surface area contributed by atoms with Crippen LogP contribution in [0.25, 0.3) is 16.8 Å². The number of nitrogens with zero attached hydrogens (tertiary/aromatic N) is 4. The van der Waals surface area contributed by atoms with Gasteiger partial charge in [-0.05, 0) is 35.4 Å². The van der Waals surface area contributed by atoms with Gasteiger partial charge in [0.15, 0.2) is 5.65 Å². The predicted octanol–water partition coefficient (Wildman–Crippen LogP) is 3.04. The lowest BCUT2D eigenvalue weighted by atomic mass is 10.1. The fourth-order valence-electron chi connectivity index (χ4n) is 2.42. The number of carbonyl (C=O) groups excluding carboxylic acids is 1. The summed E-state index contributed by atoms with van der Waals surface area (Å²) in [6.45, 7) is 0. The number of carbonyl (C=O) groups is 1. The van der Waals surface area contributed by atoms with E-state index in [1.807, 2.05) is 48.7 Å². The van der Waals surface area contributed by atoms with Crippen LogP contribution in [0.3, 0.4) is 0 Å². The Balaban J connectivity index is 1.63. The lowest BCUT2D eigenvalue weighted by molar-refractivity contribution is 0.102. The van der Waals surface area contributed by atoms with Crippen molar-refractivity contribution in [1.29, 1.82) is 0 Å². The third-order valence-electron chi connectivity index (χ3n) is 3.61. The number of rotatable bonds is 3. The summed E-state index contributed by atoms with van der Waals surface area (Å²) >= 11 is 0. The zero-order valence-electron chi connectivity index (χ0n) is 12.6. The monoisotopic (exact) mass is 315 g/mol. The maximum atomic E-state index is 12.2. The van der Waals surface area contributed by atoms with Crippen molar-refractivity contribution >= 4 is 17.5 Å².